The first-order chi connectivity index (χ1) is 12.0. The predicted octanol–water partition coefficient (Wildman–Crippen LogP) is 3.98. The molecule has 0 radical (unpaired) electrons. The number of anilines is 1. The highest BCUT2D eigenvalue weighted by atomic mass is 35.5. The fourth-order valence-electron chi connectivity index (χ4n) is 4.29. The number of fused-ring (bicyclic) bond motifs is 1. The van der Waals surface area contributed by atoms with Crippen LogP contribution >= 0.6 is 11.6 Å². The molecule has 2 atom stereocenters. The first-order valence-corrected chi connectivity index (χ1v) is 8.77. The van der Waals surface area contributed by atoms with Gasteiger partial charge in [0.2, 0.25) is 5.76 Å². The van der Waals surface area contributed by atoms with Crippen molar-refractivity contribution in [1.82, 2.24) is 4.98 Å². The summed E-state index contributed by atoms with van der Waals surface area (Å²) in [5.74, 6) is 0.365. The molecule has 0 saturated heterocycles. The van der Waals surface area contributed by atoms with E-state index >= 15 is 0 Å². The fourth-order valence-corrected chi connectivity index (χ4v) is 4.47. The van der Waals surface area contributed by atoms with Crippen LogP contribution in [0.4, 0.5) is 10.1 Å². The molecule has 132 valence electrons. The van der Waals surface area contributed by atoms with E-state index in [9.17, 15) is 14.3 Å². The summed E-state index contributed by atoms with van der Waals surface area (Å²) in [5, 5.41) is 12.4. The number of nitrogens with zero attached hydrogens (tertiary/aromatic N) is 1. The molecule has 2 aliphatic rings. The molecule has 7 heteroatoms. The van der Waals surface area contributed by atoms with Gasteiger partial charge < -0.3 is 14.8 Å². The highest BCUT2D eigenvalue weighted by Gasteiger charge is 2.43. The van der Waals surface area contributed by atoms with Crippen LogP contribution in [0.1, 0.15) is 47.8 Å². The minimum atomic E-state index is -0.542. The minimum Gasteiger partial charge on any atom is -0.438 e. The van der Waals surface area contributed by atoms with Crippen LogP contribution in [0, 0.1) is 17.7 Å². The zero-order valence-electron chi connectivity index (χ0n) is 13.4. The van der Waals surface area contributed by atoms with Gasteiger partial charge in [0.25, 0.3) is 5.91 Å². The van der Waals surface area contributed by atoms with Gasteiger partial charge >= 0.3 is 0 Å². The molecule has 2 aliphatic carbocycles. The number of hydrogen-bond acceptors (Lipinski definition) is 4. The largest absolute Gasteiger partial charge is 0.438 e. The van der Waals surface area contributed by atoms with E-state index in [1.165, 1.54) is 24.6 Å². The Labute approximate surface area is 149 Å². The number of amides is 1. The Morgan fingerprint density at radius 3 is 2.68 bits per heavy atom. The third-order valence-electron chi connectivity index (χ3n) is 5.36. The molecule has 2 N–H and O–H groups in total. The van der Waals surface area contributed by atoms with E-state index in [0.717, 1.165) is 25.7 Å². The highest BCUT2D eigenvalue weighted by Crippen LogP contribution is 2.50. The van der Waals surface area contributed by atoms with Gasteiger partial charge in [0.15, 0.2) is 6.39 Å². The van der Waals surface area contributed by atoms with Crippen LogP contribution in [-0.2, 0) is 0 Å². The van der Waals surface area contributed by atoms with Crippen LogP contribution < -0.4 is 5.32 Å². The standard InChI is InChI=1S/C18H18ClFN2O3/c19-14-7-12(1-2-15(14)20)22-18(24)17-16(21-8-25-17)11-3-9-5-13(23)6-10(9)4-11/h1-2,7-11,13,23H,3-6H2,(H,22,24). The Bertz CT molecular complexity index is 795. The molecule has 2 unspecified atom stereocenters. The van der Waals surface area contributed by atoms with Crippen molar-refractivity contribution in [1.29, 1.82) is 0 Å². The number of nitrogens with one attached hydrogen (secondary N) is 1. The van der Waals surface area contributed by atoms with E-state index in [-0.39, 0.29) is 22.8 Å². The molecule has 1 amide bonds. The first-order valence-electron chi connectivity index (χ1n) is 8.39. The van der Waals surface area contributed by atoms with Crippen molar-refractivity contribution in [3.63, 3.8) is 0 Å². The quantitative estimate of drug-likeness (QED) is 0.863. The summed E-state index contributed by atoms with van der Waals surface area (Å²) in [7, 11) is 0. The van der Waals surface area contributed by atoms with Crippen molar-refractivity contribution >= 4 is 23.2 Å². The summed E-state index contributed by atoms with van der Waals surface area (Å²) in [4.78, 5) is 16.8. The number of hydrogen-bond donors (Lipinski definition) is 2. The molecule has 5 nitrogen and oxygen atoms in total. The van der Waals surface area contributed by atoms with Gasteiger partial charge in [-0.1, -0.05) is 11.6 Å². The molecule has 25 heavy (non-hydrogen) atoms. The number of benzene rings is 1. The maximum Gasteiger partial charge on any atom is 0.293 e. The van der Waals surface area contributed by atoms with Gasteiger partial charge in [-0.2, -0.15) is 0 Å². The molecule has 2 saturated carbocycles. The molecule has 4 rings (SSSR count). The zero-order valence-corrected chi connectivity index (χ0v) is 14.2. The second-order valence-electron chi connectivity index (χ2n) is 6.96. The van der Waals surface area contributed by atoms with Gasteiger partial charge in [-0.25, -0.2) is 9.37 Å². The molecule has 1 heterocycles. The summed E-state index contributed by atoms with van der Waals surface area (Å²) >= 11 is 5.74. The lowest BCUT2D eigenvalue weighted by molar-refractivity contribution is 0.0994. The summed E-state index contributed by atoms with van der Waals surface area (Å²) < 4.78 is 18.6. The fraction of sp³-hybridized carbons (Fsp3) is 0.444. The molecule has 2 aromatic rings. The molecule has 2 fully saturated rings. The molecule has 0 bridgehead atoms. The smallest absolute Gasteiger partial charge is 0.293 e. The maximum atomic E-state index is 13.2. The van der Waals surface area contributed by atoms with Crippen molar-refractivity contribution in [2.24, 2.45) is 11.8 Å². The number of carbonyl (C=O) groups excluding carboxylic acids is 1. The SMILES string of the molecule is O=C(Nc1ccc(F)c(Cl)c1)c1ocnc1C1CC2CC(O)CC2C1. The highest BCUT2D eigenvalue weighted by molar-refractivity contribution is 6.31. The molecular weight excluding hydrogens is 347 g/mol. The number of aliphatic hydroxyl groups is 1. The summed E-state index contributed by atoms with van der Waals surface area (Å²) in [6, 6.07) is 3.99. The second kappa shape index (κ2) is 6.42. The number of aromatic nitrogens is 1. The van der Waals surface area contributed by atoms with Crippen LogP contribution in [0.25, 0.3) is 0 Å². The van der Waals surface area contributed by atoms with Crippen LogP contribution in [0.2, 0.25) is 5.02 Å². The van der Waals surface area contributed by atoms with E-state index in [2.05, 4.69) is 10.3 Å². The minimum absolute atomic E-state index is 0.0576. The van der Waals surface area contributed by atoms with Crippen molar-refractivity contribution in [3.8, 4) is 0 Å². The first kappa shape index (κ1) is 16.5. The summed E-state index contributed by atoms with van der Waals surface area (Å²) in [6.45, 7) is 0. The van der Waals surface area contributed by atoms with Gasteiger partial charge in [-0.05, 0) is 55.7 Å². The Morgan fingerprint density at radius 1 is 1.28 bits per heavy atom. The average Bonchev–Trinajstić information content (AvgIpc) is 3.24. The number of rotatable bonds is 3. The molecule has 1 aromatic carbocycles. The Balaban J connectivity index is 1.49. The average molecular weight is 365 g/mol. The van der Waals surface area contributed by atoms with Gasteiger partial charge in [0, 0.05) is 11.6 Å². The predicted molar refractivity (Wildman–Crippen MR) is 90.1 cm³/mol. The van der Waals surface area contributed by atoms with E-state index in [1.54, 1.807) is 0 Å². The van der Waals surface area contributed by atoms with Crippen molar-refractivity contribution in [2.75, 3.05) is 5.32 Å². The monoisotopic (exact) mass is 364 g/mol. The van der Waals surface area contributed by atoms with Crippen molar-refractivity contribution < 1.29 is 18.7 Å². The molecule has 0 aliphatic heterocycles. The van der Waals surface area contributed by atoms with Gasteiger partial charge in [0.1, 0.15) is 5.82 Å². The van der Waals surface area contributed by atoms with Crippen LogP contribution in [0.3, 0.4) is 0 Å². The zero-order chi connectivity index (χ0) is 17.6. The lowest BCUT2D eigenvalue weighted by atomic mass is 9.98. The van der Waals surface area contributed by atoms with Gasteiger partial charge in [-0.15, -0.1) is 0 Å². The topological polar surface area (TPSA) is 75.4 Å². The van der Waals surface area contributed by atoms with Gasteiger partial charge in [0.05, 0.1) is 16.8 Å². The third kappa shape index (κ3) is 3.16. The summed E-state index contributed by atoms with van der Waals surface area (Å²) in [6.07, 6.45) is 4.57. The van der Waals surface area contributed by atoms with E-state index in [1.807, 2.05) is 0 Å². The second-order valence-corrected chi connectivity index (χ2v) is 7.37. The number of aliphatic hydroxyl groups excluding tert-OH is 1. The van der Waals surface area contributed by atoms with Crippen molar-refractivity contribution in [3.05, 3.63) is 46.9 Å². The summed E-state index contributed by atoms with van der Waals surface area (Å²) in [5.41, 5.74) is 1.06. The van der Waals surface area contributed by atoms with Gasteiger partial charge in [-0.3, -0.25) is 4.79 Å². The van der Waals surface area contributed by atoms with Crippen LogP contribution in [0.15, 0.2) is 29.0 Å². The Kier molecular flexibility index (Phi) is 4.25. The van der Waals surface area contributed by atoms with Crippen LogP contribution in [0.5, 0.6) is 0 Å². The van der Waals surface area contributed by atoms with Crippen LogP contribution in [-0.4, -0.2) is 22.1 Å². The normalized spacial score (nSPS) is 28.1. The molecule has 1 aromatic heterocycles. The number of oxazole rings is 1. The van der Waals surface area contributed by atoms with E-state index in [0.29, 0.717) is 23.2 Å². The third-order valence-corrected chi connectivity index (χ3v) is 5.65. The Morgan fingerprint density at radius 2 is 2.00 bits per heavy atom. The Hall–Kier alpha value is -1.92. The van der Waals surface area contributed by atoms with Crippen molar-refractivity contribution in [2.45, 2.75) is 37.7 Å². The van der Waals surface area contributed by atoms with E-state index < -0.39 is 11.7 Å². The molecular formula is C18H18ClFN2O3. The molecule has 0 spiro atoms. The van der Waals surface area contributed by atoms with E-state index in [4.69, 9.17) is 16.0 Å². The lowest BCUT2D eigenvalue weighted by Gasteiger charge is -2.11. The maximum absolute atomic E-state index is 13.2. The lowest BCUT2D eigenvalue weighted by Crippen LogP contribution is -2.15. The number of halogens is 2. The number of carbonyl (C=O) groups is 1.